The fourth-order valence-electron chi connectivity index (χ4n) is 2.61. The van der Waals surface area contributed by atoms with Gasteiger partial charge in [0.05, 0.1) is 5.92 Å². The molecule has 3 heteroatoms. The molecule has 1 aromatic carbocycles. The quantitative estimate of drug-likeness (QED) is 0.763. The Labute approximate surface area is 95.4 Å². The Bertz CT molecular complexity index is 385. The van der Waals surface area contributed by atoms with Crippen molar-refractivity contribution >= 4 is 5.91 Å². The second kappa shape index (κ2) is 3.91. The van der Waals surface area contributed by atoms with Gasteiger partial charge in [0, 0.05) is 19.6 Å². The van der Waals surface area contributed by atoms with E-state index >= 15 is 0 Å². The first-order chi connectivity index (χ1) is 7.84. The van der Waals surface area contributed by atoms with Crippen LogP contribution in [0.15, 0.2) is 24.3 Å². The minimum Gasteiger partial charge on any atom is -0.334 e. The molecule has 0 radical (unpaired) electrons. The largest absolute Gasteiger partial charge is 0.334 e. The third kappa shape index (κ3) is 1.61. The van der Waals surface area contributed by atoms with Crippen molar-refractivity contribution in [3.05, 3.63) is 35.4 Å². The van der Waals surface area contributed by atoms with Crippen LogP contribution < -0.4 is 5.32 Å². The van der Waals surface area contributed by atoms with Crippen LogP contribution in [0, 0.1) is 5.92 Å². The highest BCUT2D eigenvalue weighted by Gasteiger charge is 2.30. The van der Waals surface area contributed by atoms with E-state index < -0.39 is 0 Å². The Morgan fingerprint density at radius 3 is 2.50 bits per heavy atom. The average Bonchev–Trinajstić information content (AvgIpc) is 2.97. The van der Waals surface area contributed by atoms with Gasteiger partial charge in [0.1, 0.15) is 0 Å². The van der Waals surface area contributed by atoms with E-state index in [0.717, 1.165) is 32.6 Å². The molecular weight excluding hydrogens is 200 g/mol. The molecule has 0 saturated carbocycles. The van der Waals surface area contributed by atoms with Crippen LogP contribution in [0.5, 0.6) is 0 Å². The van der Waals surface area contributed by atoms with E-state index in [0.29, 0.717) is 5.91 Å². The van der Waals surface area contributed by atoms with Gasteiger partial charge in [0.25, 0.3) is 0 Å². The Morgan fingerprint density at radius 1 is 1.25 bits per heavy atom. The topological polar surface area (TPSA) is 32.3 Å². The van der Waals surface area contributed by atoms with Crippen molar-refractivity contribution in [2.75, 3.05) is 13.1 Å². The van der Waals surface area contributed by atoms with Crippen LogP contribution in [0.1, 0.15) is 17.5 Å². The van der Waals surface area contributed by atoms with Gasteiger partial charge in [-0.3, -0.25) is 4.79 Å². The van der Waals surface area contributed by atoms with E-state index in [4.69, 9.17) is 0 Å². The summed E-state index contributed by atoms with van der Waals surface area (Å²) in [7, 11) is 0. The summed E-state index contributed by atoms with van der Waals surface area (Å²) in [6.45, 7) is 3.43. The zero-order chi connectivity index (χ0) is 11.0. The first-order valence-corrected chi connectivity index (χ1v) is 5.91. The molecule has 1 unspecified atom stereocenters. The minimum atomic E-state index is 0.203. The summed E-state index contributed by atoms with van der Waals surface area (Å²) in [6, 6.07) is 8.33. The molecule has 1 fully saturated rings. The van der Waals surface area contributed by atoms with Gasteiger partial charge in [-0.15, -0.1) is 0 Å². The van der Waals surface area contributed by atoms with Gasteiger partial charge in [-0.25, -0.2) is 0 Å². The maximum absolute atomic E-state index is 12.2. The minimum absolute atomic E-state index is 0.203. The van der Waals surface area contributed by atoms with Crippen molar-refractivity contribution in [2.24, 2.45) is 5.92 Å². The number of nitrogens with one attached hydrogen (secondary N) is 1. The lowest BCUT2D eigenvalue weighted by Crippen LogP contribution is -2.33. The third-order valence-electron chi connectivity index (χ3n) is 3.56. The molecule has 1 saturated heterocycles. The smallest absolute Gasteiger partial charge is 0.227 e. The Kier molecular flexibility index (Phi) is 2.40. The average molecular weight is 216 g/mol. The zero-order valence-electron chi connectivity index (χ0n) is 9.28. The molecule has 1 atom stereocenters. The van der Waals surface area contributed by atoms with Gasteiger partial charge >= 0.3 is 0 Å². The number of carbonyl (C=O) groups excluding carboxylic acids is 1. The molecular formula is C13H16N2O. The van der Waals surface area contributed by atoms with Crippen molar-refractivity contribution in [3.63, 3.8) is 0 Å². The fraction of sp³-hybridized carbons (Fsp3) is 0.462. The molecule has 1 amide bonds. The van der Waals surface area contributed by atoms with Crippen molar-refractivity contribution in [2.45, 2.75) is 19.5 Å². The van der Waals surface area contributed by atoms with Crippen LogP contribution in [-0.4, -0.2) is 23.9 Å². The Hall–Kier alpha value is -1.35. The van der Waals surface area contributed by atoms with Crippen molar-refractivity contribution in [1.29, 1.82) is 0 Å². The second-order valence-electron chi connectivity index (χ2n) is 4.65. The summed E-state index contributed by atoms with van der Waals surface area (Å²) in [5.74, 6) is 0.524. The molecule has 2 aliphatic heterocycles. The van der Waals surface area contributed by atoms with E-state index in [-0.39, 0.29) is 5.92 Å². The number of hydrogen-bond donors (Lipinski definition) is 1. The Balaban J connectivity index is 1.73. The molecule has 0 aromatic heterocycles. The molecule has 0 spiro atoms. The van der Waals surface area contributed by atoms with Crippen LogP contribution >= 0.6 is 0 Å². The third-order valence-corrected chi connectivity index (χ3v) is 3.56. The van der Waals surface area contributed by atoms with Crippen LogP contribution in [0.4, 0.5) is 0 Å². The maximum Gasteiger partial charge on any atom is 0.227 e. The number of rotatable bonds is 1. The molecule has 1 aromatic rings. The summed E-state index contributed by atoms with van der Waals surface area (Å²) in [5.41, 5.74) is 2.61. The van der Waals surface area contributed by atoms with Crippen molar-refractivity contribution < 1.29 is 4.79 Å². The molecule has 3 rings (SSSR count). The van der Waals surface area contributed by atoms with E-state index in [1.807, 2.05) is 17.0 Å². The molecule has 0 aliphatic carbocycles. The van der Waals surface area contributed by atoms with E-state index in [9.17, 15) is 4.79 Å². The maximum atomic E-state index is 12.2. The van der Waals surface area contributed by atoms with E-state index in [1.165, 1.54) is 11.1 Å². The van der Waals surface area contributed by atoms with Crippen LogP contribution in [0.2, 0.25) is 0 Å². The molecule has 16 heavy (non-hydrogen) atoms. The first-order valence-electron chi connectivity index (χ1n) is 5.91. The van der Waals surface area contributed by atoms with Crippen LogP contribution in [0.25, 0.3) is 0 Å². The second-order valence-corrected chi connectivity index (χ2v) is 4.65. The van der Waals surface area contributed by atoms with Crippen molar-refractivity contribution in [1.82, 2.24) is 10.2 Å². The molecule has 0 bridgehead atoms. The zero-order valence-corrected chi connectivity index (χ0v) is 9.28. The van der Waals surface area contributed by atoms with Gasteiger partial charge in [0.15, 0.2) is 0 Å². The lowest BCUT2D eigenvalue weighted by molar-refractivity contribution is -0.135. The highest BCUT2D eigenvalue weighted by molar-refractivity contribution is 5.80. The van der Waals surface area contributed by atoms with Gasteiger partial charge in [-0.1, -0.05) is 24.3 Å². The summed E-state index contributed by atoms with van der Waals surface area (Å²) in [5, 5.41) is 3.25. The van der Waals surface area contributed by atoms with Crippen molar-refractivity contribution in [3.8, 4) is 0 Å². The number of fused-ring (bicyclic) bond motifs is 1. The summed E-state index contributed by atoms with van der Waals surface area (Å²) in [4.78, 5) is 14.2. The number of nitrogens with zero attached hydrogens (tertiary/aromatic N) is 1. The van der Waals surface area contributed by atoms with E-state index in [1.54, 1.807) is 0 Å². The van der Waals surface area contributed by atoms with Crippen LogP contribution in [-0.2, 0) is 17.9 Å². The lowest BCUT2D eigenvalue weighted by atomic mass is 10.1. The first kappa shape index (κ1) is 9.85. The van der Waals surface area contributed by atoms with Crippen LogP contribution in [0.3, 0.4) is 0 Å². The monoisotopic (exact) mass is 216 g/mol. The molecule has 2 aliphatic rings. The predicted octanol–water partition coefficient (Wildman–Crippen LogP) is 1.14. The lowest BCUT2D eigenvalue weighted by Gasteiger charge is -2.19. The van der Waals surface area contributed by atoms with E-state index in [2.05, 4.69) is 17.4 Å². The molecule has 1 N–H and O–H groups in total. The Morgan fingerprint density at radius 2 is 1.94 bits per heavy atom. The highest BCUT2D eigenvalue weighted by atomic mass is 16.2. The summed E-state index contributed by atoms with van der Waals surface area (Å²) < 4.78 is 0. The predicted molar refractivity (Wildman–Crippen MR) is 61.7 cm³/mol. The standard InChI is InChI=1S/C13H16N2O/c16-13(10-5-6-14-7-10)15-8-11-3-1-2-4-12(11)9-15/h1-4,10,14H,5-9H2. The number of benzene rings is 1. The SMILES string of the molecule is O=C(C1CCNC1)N1Cc2ccccc2C1. The summed E-state index contributed by atoms with van der Waals surface area (Å²) >= 11 is 0. The molecule has 3 nitrogen and oxygen atoms in total. The van der Waals surface area contributed by atoms with Gasteiger partial charge in [-0.05, 0) is 24.1 Å². The fourth-order valence-corrected chi connectivity index (χ4v) is 2.61. The van der Waals surface area contributed by atoms with Gasteiger partial charge in [0.2, 0.25) is 5.91 Å². The summed E-state index contributed by atoms with van der Waals surface area (Å²) in [6.07, 6.45) is 0.992. The number of carbonyl (C=O) groups is 1. The van der Waals surface area contributed by atoms with Gasteiger partial charge < -0.3 is 10.2 Å². The number of hydrogen-bond acceptors (Lipinski definition) is 2. The molecule has 2 heterocycles. The number of amides is 1. The normalized spacial score (nSPS) is 23.5. The highest BCUT2D eigenvalue weighted by Crippen LogP contribution is 2.24. The molecule has 84 valence electrons. The van der Waals surface area contributed by atoms with Gasteiger partial charge in [-0.2, -0.15) is 0 Å².